The van der Waals surface area contributed by atoms with E-state index in [4.69, 9.17) is 4.74 Å². The maximum absolute atomic E-state index is 12.0. The fourth-order valence-corrected chi connectivity index (χ4v) is 1.82. The molecule has 2 rings (SSSR count). The van der Waals surface area contributed by atoms with E-state index in [2.05, 4.69) is 5.32 Å². The number of nitrogens with one attached hydrogen (secondary N) is 1. The van der Waals surface area contributed by atoms with Crippen molar-refractivity contribution in [2.24, 2.45) is 0 Å². The topological polar surface area (TPSA) is 58.6 Å². The van der Waals surface area contributed by atoms with Crippen molar-refractivity contribution < 1.29 is 14.6 Å². The predicted molar refractivity (Wildman–Crippen MR) is 76.9 cm³/mol. The van der Waals surface area contributed by atoms with Gasteiger partial charge in [-0.05, 0) is 48.9 Å². The van der Waals surface area contributed by atoms with Crippen LogP contribution >= 0.6 is 0 Å². The van der Waals surface area contributed by atoms with Gasteiger partial charge in [-0.1, -0.05) is 12.1 Å². The van der Waals surface area contributed by atoms with Crippen molar-refractivity contribution in [3.05, 3.63) is 59.7 Å². The van der Waals surface area contributed by atoms with Gasteiger partial charge in [-0.2, -0.15) is 0 Å². The van der Waals surface area contributed by atoms with Gasteiger partial charge in [0.05, 0.1) is 6.61 Å². The molecule has 104 valence electrons. The average Bonchev–Trinajstić information content (AvgIpc) is 2.46. The Kier molecular flexibility index (Phi) is 4.60. The van der Waals surface area contributed by atoms with Gasteiger partial charge in [0, 0.05) is 12.1 Å². The van der Waals surface area contributed by atoms with Crippen molar-refractivity contribution in [3.8, 4) is 11.5 Å². The Morgan fingerprint density at radius 3 is 2.60 bits per heavy atom. The molecule has 0 unspecified atom stereocenters. The molecule has 0 saturated carbocycles. The Hall–Kier alpha value is -2.49. The first-order valence-electron chi connectivity index (χ1n) is 6.48. The molecule has 0 radical (unpaired) electrons. The highest BCUT2D eigenvalue weighted by atomic mass is 16.5. The van der Waals surface area contributed by atoms with Gasteiger partial charge in [-0.15, -0.1) is 0 Å². The van der Waals surface area contributed by atoms with E-state index in [1.807, 2.05) is 13.0 Å². The third kappa shape index (κ3) is 3.75. The Labute approximate surface area is 118 Å². The van der Waals surface area contributed by atoms with Crippen LogP contribution in [-0.4, -0.2) is 17.6 Å². The van der Waals surface area contributed by atoms with Crippen molar-refractivity contribution in [2.45, 2.75) is 13.5 Å². The summed E-state index contributed by atoms with van der Waals surface area (Å²) in [5.41, 5.74) is 1.43. The number of ether oxygens (including phenoxy) is 1. The number of phenols is 1. The number of carbonyl (C=O) groups excluding carboxylic acids is 1. The van der Waals surface area contributed by atoms with E-state index in [0.29, 0.717) is 18.7 Å². The monoisotopic (exact) mass is 271 g/mol. The molecule has 4 nitrogen and oxygen atoms in total. The lowest BCUT2D eigenvalue weighted by molar-refractivity contribution is 0.0951. The lowest BCUT2D eigenvalue weighted by Crippen LogP contribution is -2.22. The summed E-state index contributed by atoms with van der Waals surface area (Å²) < 4.78 is 5.32. The quantitative estimate of drug-likeness (QED) is 0.879. The molecule has 0 spiro atoms. The second kappa shape index (κ2) is 6.61. The summed E-state index contributed by atoms with van der Waals surface area (Å²) >= 11 is 0. The number of phenolic OH excluding ortho intramolecular Hbond substituents is 1. The smallest absolute Gasteiger partial charge is 0.251 e. The van der Waals surface area contributed by atoms with Crippen LogP contribution in [0.25, 0.3) is 0 Å². The largest absolute Gasteiger partial charge is 0.508 e. The van der Waals surface area contributed by atoms with Crippen molar-refractivity contribution >= 4 is 5.91 Å². The van der Waals surface area contributed by atoms with E-state index in [1.165, 1.54) is 0 Å². The second-order valence-electron chi connectivity index (χ2n) is 4.31. The van der Waals surface area contributed by atoms with Gasteiger partial charge >= 0.3 is 0 Å². The average molecular weight is 271 g/mol. The number of hydrogen-bond donors (Lipinski definition) is 2. The van der Waals surface area contributed by atoms with Crippen LogP contribution in [0.3, 0.4) is 0 Å². The van der Waals surface area contributed by atoms with Gasteiger partial charge in [0.2, 0.25) is 0 Å². The Morgan fingerprint density at radius 2 is 1.95 bits per heavy atom. The van der Waals surface area contributed by atoms with Gasteiger partial charge in [-0.25, -0.2) is 0 Å². The molecule has 0 fully saturated rings. The third-order valence-corrected chi connectivity index (χ3v) is 2.79. The van der Waals surface area contributed by atoms with Crippen LogP contribution in [0, 0.1) is 0 Å². The Bertz CT molecular complexity index is 579. The summed E-state index contributed by atoms with van der Waals surface area (Å²) in [4.78, 5) is 12.0. The summed E-state index contributed by atoms with van der Waals surface area (Å²) in [6, 6.07) is 13.8. The molecule has 0 aromatic heterocycles. The number of hydrogen-bond acceptors (Lipinski definition) is 3. The SMILES string of the molecule is CCOc1ccc(C(=O)NCc2cccc(O)c2)cc1. The van der Waals surface area contributed by atoms with Gasteiger partial charge in [-0.3, -0.25) is 4.79 Å². The minimum Gasteiger partial charge on any atom is -0.508 e. The van der Waals surface area contributed by atoms with Crippen LogP contribution < -0.4 is 10.1 Å². The molecule has 0 heterocycles. The number of aromatic hydroxyl groups is 1. The Morgan fingerprint density at radius 1 is 1.20 bits per heavy atom. The van der Waals surface area contributed by atoms with E-state index < -0.39 is 0 Å². The zero-order chi connectivity index (χ0) is 14.4. The zero-order valence-corrected chi connectivity index (χ0v) is 11.3. The second-order valence-corrected chi connectivity index (χ2v) is 4.31. The maximum Gasteiger partial charge on any atom is 0.251 e. The van der Waals surface area contributed by atoms with Crippen LogP contribution in [0.1, 0.15) is 22.8 Å². The molecule has 2 aromatic rings. The maximum atomic E-state index is 12.0. The predicted octanol–water partition coefficient (Wildman–Crippen LogP) is 2.72. The standard InChI is InChI=1S/C16H17NO3/c1-2-20-15-8-6-13(7-9-15)16(19)17-11-12-4-3-5-14(18)10-12/h3-10,18H,2,11H2,1H3,(H,17,19). The van der Waals surface area contributed by atoms with Crippen molar-refractivity contribution in [1.82, 2.24) is 5.32 Å². The fraction of sp³-hybridized carbons (Fsp3) is 0.188. The molecule has 0 aliphatic heterocycles. The highest BCUT2D eigenvalue weighted by molar-refractivity contribution is 5.94. The molecule has 4 heteroatoms. The Balaban J connectivity index is 1.94. The molecule has 1 amide bonds. The van der Waals surface area contributed by atoms with Crippen LogP contribution in [-0.2, 0) is 6.54 Å². The van der Waals surface area contributed by atoms with Gasteiger partial charge in [0.1, 0.15) is 11.5 Å². The summed E-state index contributed by atoms with van der Waals surface area (Å²) in [7, 11) is 0. The normalized spacial score (nSPS) is 10.1. The number of benzene rings is 2. The summed E-state index contributed by atoms with van der Waals surface area (Å²) in [5, 5.41) is 12.2. The van der Waals surface area contributed by atoms with Crippen molar-refractivity contribution in [1.29, 1.82) is 0 Å². The fourth-order valence-electron chi connectivity index (χ4n) is 1.82. The molecule has 20 heavy (non-hydrogen) atoms. The number of rotatable bonds is 5. The number of amides is 1. The first-order valence-corrected chi connectivity index (χ1v) is 6.48. The van der Waals surface area contributed by atoms with E-state index in [9.17, 15) is 9.90 Å². The van der Waals surface area contributed by atoms with E-state index in [0.717, 1.165) is 11.3 Å². The first-order chi connectivity index (χ1) is 9.69. The molecule has 0 saturated heterocycles. The molecule has 0 aliphatic rings. The minimum atomic E-state index is -0.156. The lowest BCUT2D eigenvalue weighted by Gasteiger charge is -2.07. The van der Waals surface area contributed by atoms with Crippen LogP contribution in [0.5, 0.6) is 11.5 Å². The molecule has 0 atom stereocenters. The van der Waals surface area contributed by atoms with Gasteiger partial charge < -0.3 is 15.2 Å². The molecule has 2 aromatic carbocycles. The lowest BCUT2D eigenvalue weighted by atomic mass is 10.2. The summed E-state index contributed by atoms with van der Waals surface area (Å²) in [6.07, 6.45) is 0. The molecular formula is C16H17NO3. The summed E-state index contributed by atoms with van der Waals surface area (Å²) in [5.74, 6) is 0.784. The van der Waals surface area contributed by atoms with Crippen molar-refractivity contribution in [3.63, 3.8) is 0 Å². The summed E-state index contributed by atoms with van der Waals surface area (Å²) in [6.45, 7) is 2.89. The van der Waals surface area contributed by atoms with Crippen LogP contribution in [0.4, 0.5) is 0 Å². The first kappa shape index (κ1) is 13.9. The molecule has 0 aliphatic carbocycles. The molecule has 2 N–H and O–H groups in total. The van der Waals surface area contributed by atoms with E-state index in [1.54, 1.807) is 42.5 Å². The van der Waals surface area contributed by atoms with Crippen LogP contribution in [0.2, 0.25) is 0 Å². The highest BCUT2D eigenvalue weighted by Crippen LogP contribution is 2.13. The highest BCUT2D eigenvalue weighted by Gasteiger charge is 2.05. The molecular weight excluding hydrogens is 254 g/mol. The van der Waals surface area contributed by atoms with Gasteiger partial charge in [0.15, 0.2) is 0 Å². The third-order valence-electron chi connectivity index (χ3n) is 2.79. The number of carbonyl (C=O) groups is 1. The van der Waals surface area contributed by atoms with E-state index >= 15 is 0 Å². The zero-order valence-electron chi connectivity index (χ0n) is 11.3. The van der Waals surface area contributed by atoms with Crippen LogP contribution in [0.15, 0.2) is 48.5 Å². The minimum absolute atomic E-state index is 0.156. The van der Waals surface area contributed by atoms with Crippen molar-refractivity contribution in [2.75, 3.05) is 6.61 Å². The van der Waals surface area contributed by atoms with E-state index in [-0.39, 0.29) is 11.7 Å². The molecule has 0 bridgehead atoms. The van der Waals surface area contributed by atoms with Gasteiger partial charge in [0.25, 0.3) is 5.91 Å².